The smallest absolute Gasteiger partial charge is 0.245 e. The maximum Gasteiger partial charge on any atom is 0.245 e. The first-order chi connectivity index (χ1) is 15.9. The summed E-state index contributed by atoms with van der Waals surface area (Å²) in [7, 11) is 4.14. The van der Waals surface area contributed by atoms with Gasteiger partial charge in [0.2, 0.25) is 11.8 Å². The first-order valence-electron chi connectivity index (χ1n) is 11.6. The van der Waals surface area contributed by atoms with Crippen LogP contribution in [0.25, 0.3) is 10.9 Å². The zero-order valence-corrected chi connectivity index (χ0v) is 20.2. The van der Waals surface area contributed by atoms with E-state index in [1.807, 2.05) is 34.1 Å². The molecule has 0 unspecified atom stereocenters. The van der Waals surface area contributed by atoms with Crippen LogP contribution < -0.4 is 5.32 Å². The van der Waals surface area contributed by atoms with Crippen molar-refractivity contribution in [2.75, 3.05) is 71.8 Å². The van der Waals surface area contributed by atoms with Gasteiger partial charge in [-0.1, -0.05) is 11.6 Å². The van der Waals surface area contributed by atoms with Gasteiger partial charge in [-0.25, -0.2) is 0 Å². The van der Waals surface area contributed by atoms with Crippen LogP contribution in [0.3, 0.4) is 0 Å². The van der Waals surface area contributed by atoms with Crippen LogP contribution >= 0.6 is 11.6 Å². The van der Waals surface area contributed by atoms with E-state index in [2.05, 4.69) is 34.2 Å². The number of pyridine rings is 1. The minimum absolute atomic E-state index is 0.0493. The fraction of sp³-hybridized carbons (Fsp3) is 0.542. The standard InChI is InChI=1S/C24H33ClN6O2/c1-28-9-13-30(14-10-28)23(32)6-5-21(24(33)31-15-11-29(2)12-16-31)27-20-7-8-26-22-17-18(25)3-4-19(20)22/h3-4,7-8,17,21H,5-6,9-16H2,1-2H3,(H,26,27)/t21-/m0/s1. The van der Waals surface area contributed by atoms with E-state index in [1.165, 1.54) is 0 Å². The largest absolute Gasteiger partial charge is 0.373 e. The lowest BCUT2D eigenvalue weighted by Gasteiger charge is -2.35. The van der Waals surface area contributed by atoms with E-state index < -0.39 is 6.04 Å². The third-order valence-electron chi connectivity index (χ3n) is 6.65. The second-order valence-corrected chi connectivity index (χ2v) is 9.50. The first kappa shape index (κ1) is 23.7. The zero-order chi connectivity index (χ0) is 23.4. The molecule has 0 aliphatic carbocycles. The number of halogens is 1. The SMILES string of the molecule is CN1CCN(C(=O)CC[C@H](Nc2ccnc3cc(Cl)ccc23)C(=O)N2CCN(C)CC2)CC1. The molecule has 2 aliphatic heterocycles. The Kier molecular flexibility index (Phi) is 7.67. The lowest BCUT2D eigenvalue weighted by Crippen LogP contribution is -2.52. The summed E-state index contributed by atoms with van der Waals surface area (Å²) < 4.78 is 0. The summed E-state index contributed by atoms with van der Waals surface area (Å²) >= 11 is 6.14. The number of likely N-dealkylation sites (N-methyl/N-ethyl adjacent to an activating group) is 2. The van der Waals surface area contributed by atoms with Crippen LogP contribution in [0.2, 0.25) is 5.02 Å². The molecule has 0 saturated carbocycles. The summed E-state index contributed by atoms with van der Waals surface area (Å²) in [4.78, 5) is 39.1. The summed E-state index contributed by atoms with van der Waals surface area (Å²) in [5.41, 5.74) is 1.60. The minimum atomic E-state index is -0.480. The monoisotopic (exact) mass is 472 g/mol. The third-order valence-corrected chi connectivity index (χ3v) is 6.89. The fourth-order valence-electron chi connectivity index (χ4n) is 4.42. The number of aromatic nitrogens is 1. The molecule has 2 amide bonds. The highest BCUT2D eigenvalue weighted by Crippen LogP contribution is 2.26. The van der Waals surface area contributed by atoms with Gasteiger partial charge in [-0.05, 0) is 44.8 Å². The number of rotatable bonds is 6. The molecule has 2 aliphatic rings. The highest BCUT2D eigenvalue weighted by molar-refractivity contribution is 6.31. The molecule has 0 radical (unpaired) electrons. The van der Waals surface area contributed by atoms with Gasteiger partial charge in [0, 0.05) is 81.1 Å². The summed E-state index contributed by atoms with van der Waals surface area (Å²) in [6.07, 6.45) is 2.51. The van der Waals surface area contributed by atoms with Gasteiger partial charge in [0.05, 0.1) is 5.52 Å². The molecular formula is C24H33ClN6O2. The van der Waals surface area contributed by atoms with Crippen molar-refractivity contribution in [2.24, 2.45) is 0 Å². The number of carbonyl (C=O) groups is 2. The minimum Gasteiger partial charge on any atom is -0.373 e. The van der Waals surface area contributed by atoms with E-state index in [1.54, 1.807) is 6.20 Å². The Bertz CT molecular complexity index is 986. The number of nitrogens with one attached hydrogen (secondary N) is 1. The molecule has 4 rings (SSSR count). The molecule has 1 atom stereocenters. The predicted octanol–water partition coefficient (Wildman–Crippen LogP) is 2.00. The maximum atomic E-state index is 13.5. The normalized spacial score (nSPS) is 19.0. The average molecular weight is 473 g/mol. The molecule has 178 valence electrons. The molecule has 3 heterocycles. The van der Waals surface area contributed by atoms with Crippen molar-refractivity contribution in [1.29, 1.82) is 0 Å². The Morgan fingerprint density at radius 1 is 0.970 bits per heavy atom. The van der Waals surface area contributed by atoms with Crippen LogP contribution in [0, 0.1) is 0 Å². The van der Waals surface area contributed by atoms with Crippen LogP contribution in [-0.2, 0) is 9.59 Å². The van der Waals surface area contributed by atoms with E-state index >= 15 is 0 Å². The summed E-state index contributed by atoms with van der Waals surface area (Å²) in [6.45, 7) is 6.38. The number of nitrogens with zero attached hydrogens (tertiary/aromatic N) is 5. The van der Waals surface area contributed by atoms with Crippen molar-refractivity contribution >= 4 is 40.0 Å². The van der Waals surface area contributed by atoms with Crippen LogP contribution in [0.15, 0.2) is 30.5 Å². The zero-order valence-electron chi connectivity index (χ0n) is 19.5. The van der Waals surface area contributed by atoms with Crippen molar-refractivity contribution in [3.05, 3.63) is 35.5 Å². The number of hydrogen-bond donors (Lipinski definition) is 1. The number of amides is 2. The first-order valence-corrected chi connectivity index (χ1v) is 12.0. The predicted molar refractivity (Wildman–Crippen MR) is 132 cm³/mol. The quantitative estimate of drug-likeness (QED) is 0.693. The fourth-order valence-corrected chi connectivity index (χ4v) is 4.59. The number of piperazine rings is 2. The third kappa shape index (κ3) is 5.93. The summed E-state index contributed by atoms with van der Waals surface area (Å²) in [5.74, 6) is 0.167. The van der Waals surface area contributed by atoms with Crippen molar-refractivity contribution in [3.8, 4) is 0 Å². The van der Waals surface area contributed by atoms with Crippen LogP contribution in [0.1, 0.15) is 12.8 Å². The molecule has 2 fully saturated rings. The number of benzene rings is 1. The molecule has 33 heavy (non-hydrogen) atoms. The Hall–Kier alpha value is -2.42. The molecule has 2 aromatic rings. The van der Waals surface area contributed by atoms with E-state index in [4.69, 9.17) is 11.6 Å². The summed E-state index contributed by atoms with van der Waals surface area (Å²) in [5, 5.41) is 4.97. The Balaban J connectivity index is 1.50. The van der Waals surface area contributed by atoms with Gasteiger partial charge >= 0.3 is 0 Å². The van der Waals surface area contributed by atoms with E-state index in [9.17, 15) is 9.59 Å². The van der Waals surface area contributed by atoms with E-state index in [0.717, 1.165) is 55.9 Å². The Morgan fingerprint density at radius 3 is 2.27 bits per heavy atom. The topological polar surface area (TPSA) is 72.0 Å². The van der Waals surface area contributed by atoms with E-state index in [-0.39, 0.29) is 11.8 Å². The molecule has 9 heteroatoms. The number of fused-ring (bicyclic) bond motifs is 1. The Labute approximate surface area is 200 Å². The van der Waals surface area contributed by atoms with E-state index in [0.29, 0.717) is 31.0 Å². The van der Waals surface area contributed by atoms with Gasteiger partial charge in [-0.15, -0.1) is 0 Å². The summed E-state index contributed by atoms with van der Waals surface area (Å²) in [6, 6.07) is 6.95. The van der Waals surface area contributed by atoms with Crippen LogP contribution in [-0.4, -0.2) is 109 Å². The molecule has 0 spiro atoms. The van der Waals surface area contributed by atoms with Crippen LogP contribution in [0.5, 0.6) is 0 Å². The van der Waals surface area contributed by atoms with Gasteiger partial charge in [0.25, 0.3) is 0 Å². The molecule has 1 N–H and O–H groups in total. The van der Waals surface area contributed by atoms with Crippen molar-refractivity contribution < 1.29 is 9.59 Å². The molecule has 1 aromatic heterocycles. The van der Waals surface area contributed by atoms with Crippen molar-refractivity contribution in [1.82, 2.24) is 24.6 Å². The van der Waals surface area contributed by atoms with Gasteiger partial charge in [-0.2, -0.15) is 0 Å². The van der Waals surface area contributed by atoms with Gasteiger partial charge < -0.3 is 24.9 Å². The highest BCUT2D eigenvalue weighted by atomic mass is 35.5. The second kappa shape index (κ2) is 10.7. The van der Waals surface area contributed by atoms with Crippen molar-refractivity contribution in [3.63, 3.8) is 0 Å². The number of hydrogen-bond acceptors (Lipinski definition) is 6. The average Bonchev–Trinajstić information content (AvgIpc) is 2.82. The van der Waals surface area contributed by atoms with Gasteiger partial charge in [-0.3, -0.25) is 14.6 Å². The number of anilines is 1. The number of carbonyl (C=O) groups excluding carboxylic acids is 2. The second-order valence-electron chi connectivity index (χ2n) is 9.07. The highest BCUT2D eigenvalue weighted by Gasteiger charge is 2.29. The lowest BCUT2D eigenvalue weighted by molar-refractivity contribution is -0.135. The molecular weight excluding hydrogens is 440 g/mol. The van der Waals surface area contributed by atoms with Crippen molar-refractivity contribution in [2.45, 2.75) is 18.9 Å². The molecule has 1 aromatic carbocycles. The molecule has 2 saturated heterocycles. The Morgan fingerprint density at radius 2 is 1.61 bits per heavy atom. The molecule has 0 bridgehead atoms. The maximum absolute atomic E-state index is 13.5. The molecule has 8 nitrogen and oxygen atoms in total. The van der Waals surface area contributed by atoms with Crippen LogP contribution in [0.4, 0.5) is 5.69 Å². The van der Waals surface area contributed by atoms with Gasteiger partial charge in [0.1, 0.15) is 6.04 Å². The van der Waals surface area contributed by atoms with Gasteiger partial charge in [0.15, 0.2) is 0 Å². The lowest BCUT2D eigenvalue weighted by atomic mass is 10.1.